The van der Waals surface area contributed by atoms with Crippen LogP contribution in [-0.4, -0.2) is 43.6 Å². The molecule has 0 aliphatic heterocycles. The van der Waals surface area contributed by atoms with Crippen molar-refractivity contribution in [3.63, 3.8) is 0 Å². The number of aryl methyl sites for hydroxylation is 1. The maximum Gasteiger partial charge on any atom is 0.191 e. The summed E-state index contributed by atoms with van der Waals surface area (Å²) in [6.45, 7) is 14.6. The molecular formula is C16H30N4S. The molecule has 4 nitrogen and oxygen atoms in total. The van der Waals surface area contributed by atoms with Gasteiger partial charge in [-0.05, 0) is 45.5 Å². The average molecular weight is 311 g/mol. The fourth-order valence-electron chi connectivity index (χ4n) is 2.15. The molecule has 1 aromatic rings. The molecule has 1 aromatic heterocycles. The molecule has 0 saturated heterocycles. The van der Waals surface area contributed by atoms with Crippen molar-refractivity contribution < 1.29 is 0 Å². The minimum atomic E-state index is 0.750. The van der Waals surface area contributed by atoms with Crippen LogP contribution in [0.5, 0.6) is 0 Å². The van der Waals surface area contributed by atoms with Gasteiger partial charge < -0.3 is 15.5 Å². The van der Waals surface area contributed by atoms with Gasteiger partial charge in [0.25, 0.3) is 0 Å². The lowest BCUT2D eigenvalue weighted by Crippen LogP contribution is -2.41. The van der Waals surface area contributed by atoms with Crippen molar-refractivity contribution >= 4 is 17.3 Å². The molecule has 0 bridgehead atoms. The fraction of sp³-hybridized carbons (Fsp3) is 0.688. The van der Waals surface area contributed by atoms with Crippen LogP contribution in [0.1, 0.15) is 36.9 Å². The molecule has 120 valence electrons. The second kappa shape index (κ2) is 10.6. The lowest BCUT2D eigenvalue weighted by Gasteiger charge is -2.20. The highest BCUT2D eigenvalue weighted by Crippen LogP contribution is 2.15. The smallest absolute Gasteiger partial charge is 0.191 e. The summed E-state index contributed by atoms with van der Waals surface area (Å²) in [5.41, 5.74) is 0. The van der Waals surface area contributed by atoms with E-state index in [4.69, 9.17) is 0 Å². The Hall–Kier alpha value is -1.07. The van der Waals surface area contributed by atoms with E-state index in [0.717, 1.165) is 38.7 Å². The zero-order chi connectivity index (χ0) is 15.5. The van der Waals surface area contributed by atoms with Gasteiger partial charge in [0.05, 0.1) is 6.54 Å². The first kappa shape index (κ1) is 18.0. The minimum Gasteiger partial charge on any atom is -0.357 e. The summed E-state index contributed by atoms with van der Waals surface area (Å²) in [7, 11) is 0. The predicted octanol–water partition coefficient (Wildman–Crippen LogP) is 2.84. The third kappa shape index (κ3) is 7.48. The molecule has 0 saturated carbocycles. The van der Waals surface area contributed by atoms with Gasteiger partial charge in [0, 0.05) is 29.4 Å². The molecule has 0 amide bonds. The number of guanidine groups is 1. The zero-order valence-electron chi connectivity index (χ0n) is 13.9. The van der Waals surface area contributed by atoms with Gasteiger partial charge >= 0.3 is 0 Å². The number of likely N-dealkylation sites (N-methyl/N-ethyl adjacent to an activating group) is 1. The van der Waals surface area contributed by atoms with Crippen molar-refractivity contribution in [2.24, 2.45) is 4.99 Å². The minimum absolute atomic E-state index is 0.750. The van der Waals surface area contributed by atoms with Crippen molar-refractivity contribution in [2.45, 2.75) is 40.7 Å². The number of nitrogens with one attached hydrogen (secondary N) is 2. The van der Waals surface area contributed by atoms with Gasteiger partial charge in [-0.15, -0.1) is 11.3 Å². The van der Waals surface area contributed by atoms with Crippen molar-refractivity contribution in [1.82, 2.24) is 15.5 Å². The number of rotatable bonds is 9. The molecule has 0 spiro atoms. The van der Waals surface area contributed by atoms with Crippen LogP contribution >= 0.6 is 11.3 Å². The van der Waals surface area contributed by atoms with E-state index in [-0.39, 0.29) is 0 Å². The first-order valence-corrected chi connectivity index (χ1v) is 8.81. The molecule has 0 aromatic carbocycles. The zero-order valence-corrected chi connectivity index (χ0v) is 14.7. The Labute approximate surface area is 133 Å². The summed E-state index contributed by atoms with van der Waals surface area (Å²) in [5.74, 6) is 0.913. The van der Waals surface area contributed by atoms with Crippen LogP contribution < -0.4 is 10.6 Å². The molecule has 5 heteroatoms. The predicted molar refractivity (Wildman–Crippen MR) is 94.3 cm³/mol. The lowest BCUT2D eigenvalue weighted by molar-refractivity contribution is 0.293. The topological polar surface area (TPSA) is 39.7 Å². The number of aliphatic imine (C=N–C) groups is 1. The van der Waals surface area contributed by atoms with Crippen LogP contribution in [0.4, 0.5) is 0 Å². The largest absolute Gasteiger partial charge is 0.357 e. The Morgan fingerprint density at radius 1 is 1.19 bits per heavy atom. The van der Waals surface area contributed by atoms with Crippen molar-refractivity contribution in [3.8, 4) is 0 Å². The third-order valence-electron chi connectivity index (χ3n) is 3.24. The molecule has 0 atom stereocenters. The Balaban J connectivity index is 2.41. The van der Waals surface area contributed by atoms with Gasteiger partial charge in [-0.3, -0.25) is 0 Å². The highest BCUT2D eigenvalue weighted by Gasteiger charge is 2.02. The SMILES string of the molecule is CCCN(CC)CCNC(=NCc1ccc(C)s1)NCC. The average Bonchev–Trinajstić information content (AvgIpc) is 2.89. The van der Waals surface area contributed by atoms with E-state index in [0.29, 0.717) is 0 Å². The van der Waals surface area contributed by atoms with Crippen LogP contribution in [0.15, 0.2) is 17.1 Å². The van der Waals surface area contributed by atoms with Crippen LogP contribution in [0.25, 0.3) is 0 Å². The number of nitrogens with zero attached hydrogens (tertiary/aromatic N) is 2. The summed E-state index contributed by atoms with van der Waals surface area (Å²) in [6, 6.07) is 4.31. The van der Waals surface area contributed by atoms with Gasteiger partial charge in [-0.2, -0.15) is 0 Å². The van der Waals surface area contributed by atoms with Crippen LogP contribution in [-0.2, 0) is 6.54 Å². The number of hydrogen-bond acceptors (Lipinski definition) is 3. The molecule has 0 fully saturated rings. The van der Waals surface area contributed by atoms with Gasteiger partial charge in [-0.1, -0.05) is 13.8 Å². The molecule has 1 heterocycles. The van der Waals surface area contributed by atoms with Crippen molar-refractivity contribution in [1.29, 1.82) is 0 Å². The van der Waals surface area contributed by atoms with Crippen molar-refractivity contribution in [3.05, 3.63) is 21.9 Å². The monoisotopic (exact) mass is 310 g/mol. The highest BCUT2D eigenvalue weighted by molar-refractivity contribution is 7.11. The normalized spacial score (nSPS) is 12.0. The first-order valence-electron chi connectivity index (χ1n) is 7.99. The molecule has 0 unspecified atom stereocenters. The van der Waals surface area contributed by atoms with Gasteiger partial charge in [-0.25, -0.2) is 4.99 Å². The van der Waals surface area contributed by atoms with Crippen molar-refractivity contribution in [2.75, 3.05) is 32.7 Å². The van der Waals surface area contributed by atoms with E-state index < -0.39 is 0 Å². The van der Waals surface area contributed by atoms with Crippen LogP contribution in [0.2, 0.25) is 0 Å². The number of hydrogen-bond donors (Lipinski definition) is 2. The summed E-state index contributed by atoms with van der Waals surface area (Å²) < 4.78 is 0. The molecular weight excluding hydrogens is 280 g/mol. The Kier molecular flexibility index (Phi) is 9.10. The highest BCUT2D eigenvalue weighted by atomic mass is 32.1. The Morgan fingerprint density at radius 3 is 2.57 bits per heavy atom. The molecule has 0 aliphatic rings. The van der Waals surface area contributed by atoms with Gasteiger partial charge in [0.2, 0.25) is 0 Å². The van der Waals surface area contributed by atoms with E-state index in [9.17, 15) is 0 Å². The van der Waals surface area contributed by atoms with E-state index in [2.05, 4.69) is 60.4 Å². The van der Waals surface area contributed by atoms with E-state index >= 15 is 0 Å². The first-order chi connectivity index (χ1) is 10.2. The molecule has 0 aliphatic carbocycles. The maximum absolute atomic E-state index is 4.65. The Bertz CT molecular complexity index is 414. The third-order valence-corrected chi connectivity index (χ3v) is 4.23. The van der Waals surface area contributed by atoms with Gasteiger partial charge in [0.1, 0.15) is 0 Å². The van der Waals surface area contributed by atoms with E-state index in [1.807, 2.05) is 11.3 Å². The van der Waals surface area contributed by atoms with E-state index in [1.165, 1.54) is 22.7 Å². The second-order valence-electron chi connectivity index (χ2n) is 5.07. The molecule has 0 radical (unpaired) electrons. The Morgan fingerprint density at radius 2 is 2.00 bits per heavy atom. The number of thiophene rings is 1. The molecule has 2 N–H and O–H groups in total. The molecule has 21 heavy (non-hydrogen) atoms. The quantitative estimate of drug-likeness (QED) is 0.544. The maximum atomic E-state index is 4.65. The van der Waals surface area contributed by atoms with E-state index in [1.54, 1.807) is 0 Å². The van der Waals surface area contributed by atoms with Crippen LogP contribution in [0.3, 0.4) is 0 Å². The second-order valence-corrected chi connectivity index (χ2v) is 6.44. The lowest BCUT2D eigenvalue weighted by atomic mass is 10.4. The summed E-state index contributed by atoms with van der Waals surface area (Å²) >= 11 is 1.82. The summed E-state index contributed by atoms with van der Waals surface area (Å²) in [5, 5.41) is 6.73. The fourth-order valence-corrected chi connectivity index (χ4v) is 2.96. The van der Waals surface area contributed by atoms with Gasteiger partial charge in [0.15, 0.2) is 5.96 Å². The summed E-state index contributed by atoms with van der Waals surface area (Å²) in [6.07, 6.45) is 1.21. The van der Waals surface area contributed by atoms with Crippen LogP contribution in [0, 0.1) is 6.92 Å². The molecule has 1 rings (SSSR count). The summed E-state index contributed by atoms with van der Waals surface area (Å²) in [4.78, 5) is 9.76. The standard InChI is InChI=1S/C16H30N4S/c1-5-11-20(7-3)12-10-18-16(17-6-2)19-13-15-9-8-14(4)21-15/h8-9H,5-7,10-13H2,1-4H3,(H2,17,18,19).